The zero-order valence-corrected chi connectivity index (χ0v) is 10.3. The summed E-state index contributed by atoms with van der Waals surface area (Å²) < 4.78 is 3.09. The average Bonchev–Trinajstić information content (AvgIpc) is 2.48. The topological polar surface area (TPSA) is 30.7 Å². The SMILES string of the molecule is Cc1nc(Cc2ccncc2)c(Br)n1C. The molecule has 78 valence electrons. The molecule has 0 aliphatic heterocycles. The molecule has 0 fully saturated rings. The van der Waals surface area contributed by atoms with Crippen molar-refractivity contribution in [2.75, 3.05) is 0 Å². The van der Waals surface area contributed by atoms with E-state index in [1.54, 1.807) is 12.4 Å². The van der Waals surface area contributed by atoms with Crippen molar-refractivity contribution in [1.29, 1.82) is 0 Å². The summed E-state index contributed by atoms with van der Waals surface area (Å²) in [6.07, 6.45) is 4.45. The molecule has 0 spiro atoms. The Hall–Kier alpha value is -1.16. The summed E-state index contributed by atoms with van der Waals surface area (Å²) in [6, 6.07) is 4.02. The van der Waals surface area contributed by atoms with Gasteiger partial charge in [-0.25, -0.2) is 4.98 Å². The van der Waals surface area contributed by atoms with Crippen LogP contribution in [-0.4, -0.2) is 14.5 Å². The monoisotopic (exact) mass is 265 g/mol. The molecule has 0 saturated carbocycles. The van der Waals surface area contributed by atoms with Gasteiger partial charge in [-0.2, -0.15) is 0 Å². The van der Waals surface area contributed by atoms with Crippen LogP contribution in [-0.2, 0) is 13.5 Å². The third-order valence-electron chi connectivity index (χ3n) is 2.44. The lowest BCUT2D eigenvalue weighted by atomic mass is 10.1. The second-order valence-electron chi connectivity index (χ2n) is 3.49. The van der Waals surface area contributed by atoms with Crippen LogP contribution in [0.2, 0.25) is 0 Å². The van der Waals surface area contributed by atoms with Crippen molar-refractivity contribution in [2.24, 2.45) is 7.05 Å². The highest BCUT2D eigenvalue weighted by Gasteiger charge is 2.09. The van der Waals surface area contributed by atoms with E-state index in [4.69, 9.17) is 0 Å². The maximum atomic E-state index is 4.50. The number of hydrogen-bond donors (Lipinski definition) is 0. The van der Waals surface area contributed by atoms with E-state index in [-0.39, 0.29) is 0 Å². The Morgan fingerprint density at radius 1 is 1.33 bits per heavy atom. The second kappa shape index (κ2) is 4.14. The second-order valence-corrected chi connectivity index (χ2v) is 4.24. The Morgan fingerprint density at radius 3 is 2.53 bits per heavy atom. The highest BCUT2D eigenvalue weighted by Crippen LogP contribution is 2.19. The first-order chi connectivity index (χ1) is 7.18. The van der Waals surface area contributed by atoms with Crippen molar-refractivity contribution >= 4 is 15.9 Å². The molecule has 2 rings (SSSR count). The highest BCUT2D eigenvalue weighted by atomic mass is 79.9. The third-order valence-corrected chi connectivity index (χ3v) is 3.43. The summed E-state index contributed by atoms with van der Waals surface area (Å²) in [5.74, 6) is 1.02. The molecule has 0 N–H and O–H groups in total. The van der Waals surface area contributed by atoms with Gasteiger partial charge in [-0.15, -0.1) is 0 Å². The van der Waals surface area contributed by atoms with Gasteiger partial charge in [0.2, 0.25) is 0 Å². The van der Waals surface area contributed by atoms with Crippen molar-refractivity contribution in [2.45, 2.75) is 13.3 Å². The predicted molar refractivity (Wildman–Crippen MR) is 62.7 cm³/mol. The largest absolute Gasteiger partial charge is 0.326 e. The zero-order valence-electron chi connectivity index (χ0n) is 8.74. The first-order valence-corrected chi connectivity index (χ1v) is 5.54. The van der Waals surface area contributed by atoms with Gasteiger partial charge >= 0.3 is 0 Å². The van der Waals surface area contributed by atoms with Crippen LogP contribution in [0.3, 0.4) is 0 Å². The van der Waals surface area contributed by atoms with Crippen molar-refractivity contribution < 1.29 is 0 Å². The lowest BCUT2D eigenvalue weighted by molar-refractivity contribution is 0.839. The van der Waals surface area contributed by atoms with E-state index in [0.29, 0.717) is 0 Å². The van der Waals surface area contributed by atoms with Crippen LogP contribution in [0.1, 0.15) is 17.1 Å². The molecular formula is C11H12BrN3. The Kier molecular flexibility index (Phi) is 2.86. The number of halogens is 1. The van der Waals surface area contributed by atoms with Crippen LogP contribution in [0.15, 0.2) is 29.1 Å². The van der Waals surface area contributed by atoms with E-state index in [0.717, 1.165) is 22.5 Å². The fourth-order valence-corrected chi connectivity index (χ4v) is 1.94. The smallest absolute Gasteiger partial charge is 0.108 e. The number of aryl methyl sites for hydroxylation is 1. The molecule has 3 nitrogen and oxygen atoms in total. The first-order valence-electron chi connectivity index (χ1n) is 4.75. The molecule has 0 bridgehead atoms. The van der Waals surface area contributed by atoms with Crippen LogP contribution >= 0.6 is 15.9 Å². The van der Waals surface area contributed by atoms with Gasteiger partial charge in [-0.1, -0.05) is 0 Å². The zero-order chi connectivity index (χ0) is 10.8. The summed E-state index contributed by atoms with van der Waals surface area (Å²) in [5, 5.41) is 0. The number of pyridine rings is 1. The van der Waals surface area contributed by atoms with Gasteiger partial charge in [-0.3, -0.25) is 4.98 Å². The Balaban J connectivity index is 2.29. The van der Waals surface area contributed by atoms with E-state index >= 15 is 0 Å². The Morgan fingerprint density at radius 2 is 2.00 bits per heavy atom. The fourth-order valence-electron chi connectivity index (χ4n) is 1.46. The summed E-state index contributed by atoms with van der Waals surface area (Å²) in [4.78, 5) is 8.50. The molecule has 0 saturated heterocycles. The van der Waals surface area contributed by atoms with Gasteiger partial charge in [0, 0.05) is 25.9 Å². The normalized spacial score (nSPS) is 10.6. The summed E-state index contributed by atoms with van der Waals surface area (Å²) >= 11 is 3.54. The minimum absolute atomic E-state index is 0.838. The molecule has 0 aliphatic carbocycles. The highest BCUT2D eigenvalue weighted by molar-refractivity contribution is 9.10. The lowest BCUT2D eigenvalue weighted by Crippen LogP contribution is -1.91. The van der Waals surface area contributed by atoms with Crippen LogP contribution in [0.5, 0.6) is 0 Å². The molecule has 0 amide bonds. The number of imidazole rings is 1. The molecule has 0 radical (unpaired) electrons. The number of rotatable bonds is 2. The third kappa shape index (κ3) is 2.09. The van der Waals surface area contributed by atoms with Gasteiger partial charge in [0.15, 0.2) is 0 Å². The van der Waals surface area contributed by atoms with Gasteiger partial charge in [0.1, 0.15) is 10.4 Å². The van der Waals surface area contributed by atoms with Crippen LogP contribution < -0.4 is 0 Å². The van der Waals surface area contributed by atoms with E-state index in [2.05, 4.69) is 25.9 Å². The van der Waals surface area contributed by atoms with Crippen molar-refractivity contribution in [3.05, 3.63) is 46.2 Å². The quantitative estimate of drug-likeness (QED) is 0.836. The standard InChI is InChI=1S/C11H12BrN3/c1-8-14-10(11(12)15(8)2)7-9-3-5-13-6-4-9/h3-6H,7H2,1-2H3. The fraction of sp³-hybridized carbons (Fsp3) is 0.273. The predicted octanol–water partition coefficient (Wildman–Crippen LogP) is 2.48. The van der Waals surface area contributed by atoms with Crippen LogP contribution in [0.4, 0.5) is 0 Å². The molecule has 0 aromatic carbocycles. The van der Waals surface area contributed by atoms with Gasteiger partial charge < -0.3 is 4.57 Å². The number of nitrogens with zero attached hydrogens (tertiary/aromatic N) is 3. The van der Waals surface area contributed by atoms with E-state index in [1.807, 2.05) is 30.7 Å². The molecule has 15 heavy (non-hydrogen) atoms. The Bertz CT molecular complexity index is 462. The van der Waals surface area contributed by atoms with Gasteiger partial charge in [0.25, 0.3) is 0 Å². The summed E-state index contributed by atoms with van der Waals surface area (Å²) in [6.45, 7) is 2.00. The van der Waals surface area contributed by atoms with Crippen molar-refractivity contribution in [1.82, 2.24) is 14.5 Å². The molecule has 2 aromatic rings. The van der Waals surface area contributed by atoms with Crippen LogP contribution in [0, 0.1) is 6.92 Å². The Labute approximate surface area is 97.3 Å². The maximum absolute atomic E-state index is 4.50. The van der Waals surface area contributed by atoms with Gasteiger partial charge in [-0.05, 0) is 40.5 Å². The molecule has 0 unspecified atom stereocenters. The van der Waals surface area contributed by atoms with Crippen LogP contribution in [0.25, 0.3) is 0 Å². The molecule has 2 aromatic heterocycles. The first kappa shape index (κ1) is 10.4. The van der Waals surface area contributed by atoms with Gasteiger partial charge in [0.05, 0.1) is 5.69 Å². The lowest BCUT2D eigenvalue weighted by Gasteiger charge is -1.98. The van der Waals surface area contributed by atoms with Crippen molar-refractivity contribution in [3.8, 4) is 0 Å². The minimum atomic E-state index is 0.838. The molecule has 4 heteroatoms. The van der Waals surface area contributed by atoms with E-state index in [9.17, 15) is 0 Å². The minimum Gasteiger partial charge on any atom is -0.326 e. The van der Waals surface area contributed by atoms with E-state index in [1.165, 1.54) is 5.56 Å². The summed E-state index contributed by atoms with van der Waals surface area (Å²) in [7, 11) is 2.00. The average molecular weight is 266 g/mol. The molecule has 2 heterocycles. The number of hydrogen-bond acceptors (Lipinski definition) is 2. The van der Waals surface area contributed by atoms with E-state index < -0.39 is 0 Å². The van der Waals surface area contributed by atoms with Crippen molar-refractivity contribution in [3.63, 3.8) is 0 Å². The molecular weight excluding hydrogens is 254 g/mol. The summed E-state index contributed by atoms with van der Waals surface area (Å²) in [5.41, 5.74) is 2.30. The molecule has 0 atom stereocenters. The maximum Gasteiger partial charge on any atom is 0.108 e. The molecule has 0 aliphatic rings. The number of aromatic nitrogens is 3.